The SMILES string of the molecule is CC(Br)(CCBr)C(=O)O. The molecule has 0 aliphatic rings. The lowest BCUT2D eigenvalue weighted by molar-refractivity contribution is -0.139. The predicted molar refractivity (Wildman–Crippen MR) is 43.4 cm³/mol. The van der Waals surface area contributed by atoms with Gasteiger partial charge >= 0.3 is 5.97 Å². The van der Waals surface area contributed by atoms with Crippen molar-refractivity contribution in [1.82, 2.24) is 0 Å². The zero-order valence-corrected chi connectivity index (χ0v) is 8.20. The molecule has 54 valence electrons. The molecule has 0 heterocycles. The van der Waals surface area contributed by atoms with E-state index in [0.717, 1.165) is 0 Å². The molecule has 0 rings (SSSR count). The topological polar surface area (TPSA) is 37.3 Å². The molecule has 4 heteroatoms. The van der Waals surface area contributed by atoms with Gasteiger partial charge in [-0.1, -0.05) is 31.9 Å². The molecule has 0 fully saturated rings. The number of hydrogen-bond acceptors (Lipinski definition) is 1. The number of hydrogen-bond donors (Lipinski definition) is 1. The minimum atomic E-state index is -0.818. The lowest BCUT2D eigenvalue weighted by Gasteiger charge is -2.13. The number of carboxylic acids is 1. The number of carbonyl (C=O) groups is 1. The van der Waals surface area contributed by atoms with Crippen LogP contribution in [0, 0.1) is 0 Å². The Labute approximate surface area is 70.9 Å². The summed E-state index contributed by atoms with van der Waals surface area (Å²) >= 11 is 6.24. The first-order valence-electron chi connectivity index (χ1n) is 2.49. The molecule has 0 aromatic rings. The van der Waals surface area contributed by atoms with E-state index in [2.05, 4.69) is 31.9 Å². The van der Waals surface area contributed by atoms with E-state index in [0.29, 0.717) is 11.8 Å². The Morgan fingerprint density at radius 2 is 2.22 bits per heavy atom. The molecule has 1 unspecified atom stereocenters. The monoisotopic (exact) mass is 258 g/mol. The zero-order chi connectivity index (χ0) is 7.49. The summed E-state index contributed by atoms with van der Waals surface area (Å²) in [5, 5.41) is 9.20. The molecule has 0 aliphatic carbocycles. The van der Waals surface area contributed by atoms with Crippen LogP contribution in [0.4, 0.5) is 0 Å². The van der Waals surface area contributed by atoms with Crippen LogP contribution in [0.25, 0.3) is 0 Å². The lowest BCUT2D eigenvalue weighted by Crippen LogP contribution is -2.27. The van der Waals surface area contributed by atoms with Crippen molar-refractivity contribution in [3.8, 4) is 0 Å². The molecule has 0 bridgehead atoms. The van der Waals surface area contributed by atoms with Gasteiger partial charge in [-0.25, -0.2) is 0 Å². The highest BCUT2D eigenvalue weighted by Crippen LogP contribution is 2.22. The van der Waals surface area contributed by atoms with Crippen LogP contribution < -0.4 is 0 Å². The Morgan fingerprint density at radius 1 is 1.78 bits per heavy atom. The van der Waals surface area contributed by atoms with Crippen LogP contribution in [0.3, 0.4) is 0 Å². The Hall–Kier alpha value is 0.430. The van der Waals surface area contributed by atoms with E-state index in [1.165, 1.54) is 0 Å². The quantitative estimate of drug-likeness (QED) is 0.788. The van der Waals surface area contributed by atoms with E-state index >= 15 is 0 Å². The Morgan fingerprint density at radius 3 is 2.33 bits per heavy atom. The molecule has 1 N–H and O–H groups in total. The fourth-order valence-corrected chi connectivity index (χ4v) is 1.81. The molecule has 0 radical (unpaired) electrons. The molecule has 0 saturated heterocycles. The molecular formula is C5H8Br2O2. The predicted octanol–water partition coefficient (Wildman–Crippen LogP) is 2.01. The second-order valence-corrected chi connectivity index (χ2v) is 4.48. The van der Waals surface area contributed by atoms with E-state index in [-0.39, 0.29) is 0 Å². The van der Waals surface area contributed by atoms with Gasteiger partial charge in [-0.3, -0.25) is 4.79 Å². The minimum absolute atomic E-state index is 0.586. The van der Waals surface area contributed by atoms with E-state index in [4.69, 9.17) is 5.11 Å². The smallest absolute Gasteiger partial charge is 0.320 e. The summed E-state index contributed by atoms with van der Waals surface area (Å²) in [6.07, 6.45) is 0.586. The van der Waals surface area contributed by atoms with Gasteiger partial charge < -0.3 is 5.11 Å². The third-order valence-corrected chi connectivity index (χ3v) is 2.14. The molecule has 0 aromatic heterocycles. The Kier molecular flexibility index (Phi) is 3.73. The average Bonchev–Trinajstić information content (AvgIpc) is 1.65. The van der Waals surface area contributed by atoms with E-state index in [1.54, 1.807) is 6.92 Å². The maximum absolute atomic E-state index is 10.3. The van der Waals surface area contributed by atoms with Crippen LogP contribution in [0.5, 0.6) is 0 Å². The van der Waals surface area contributed by atoms with Gasteiger partial charge in [0, 0.05) is 5.33 Å². The van der Waals surface area contributed by atoms with Crippen molar-refractivity contribution in [3.63, 3.8) is 0 Å². The second kappa shape index (κ2) is 3.56. The van der Waals surface area contributed by atoms with Crippen LogP contribution >= 0.6 is 31.9 Å². The van der Waals surface area contributed by atoms with E-state index in [9.17, 15) is 4.79 Å². The van der Waals surface area contributed by atoms with Gasteiger partial charge in [-0.2, -0.15) is 0 Å². The molecular weight excluding hydrogens is 252 g/mol. The van der Waals surface area contributed by atoms with Crippen LogP contribution in [-0.4, -0.2) is 20.7 Å². The van der Waals surface area contributed by atoms with Gasteiger partial charge in [0.1, 0.15) is 4.32 Å². The van der Waals surface area contributed by atoms with Crippen molar-refractivity contribution in [1.29, 1.82) is 0 Å². The molecule has 0 spiro atoms. The van der Waals surface area contributed by atoms with Gasteiger partial charge in [-0.05, 0) is 13.3 Å². The Balaban J connectivity index is 3.85. The maximum atomic E-state index is 10.3. The summed E-state index contributed by atoms with van der Waals surface area (Å²) in [4.78, 5) is 10.3. The summed E-state index contributed by atoms with van der Waals surface area (Å²) in [6, 6.07) is 0. The van der Waals surface area contributed by atoms with Crippen LogP contribution in [0.15, 0.2) is 0 Å². The third kappa shape index (κ3) is 3.20. The minimum Gasteiger partial charge on any atom is -0.480 e. The highest BCUT2D eigenvalue weighted by molar-refractivity contribution is 9.10. The summed E-state index contributed by atoms with van der Waals surface area (Å²) in [5.41, 5.74) is 0. The van der Waals surface area contributed by atoms with Gasteiger partial charge in [0.05, 0.1) is 0 Å². The fourth-order valence-electron chi connectivity index (χ4n) is 0.284. The largest absolute Gasteiger partial charge is 0.480 e. The van der Waals surface area contributed by atoms with E-state index < -0.39 is 10.3 Å². The molecule has 0 amide bonds. The normalized spacial score (nSPS) is 16.8. The number of halogens is 2. The van der Waals surface area contributed by atoms with Gasteiger partial charge in [0.2, 0.25) is 0 Å². The summed E-state index contributed by atoms with van der Waals surface area (Å²) < 4.78 is -0.767. The summed E-state index contributed by atoms with van der Waals surface area (Å²) in [6.45, 7) is 1.64. The third-order valence-electron chi connectivity index (χ3n) is 1.01. The van der Waals surface area contributed by atoms with Crippen LogP contribution in [0.2, 0.25) is 0 Å². The number of alkyl halides is 2. The molecule has 9 heavy (non-hydrogen) atoms. The fraction of sp³-hybridized carbons (Fsp3) is 0.800. The van der Waals surface area contributed by atoms with Crippen molar-refractivity contribution >= 4 is 37.8 Å². The molecule has 1 atom stereocenters. The first kappa shape index (κ1) is 9.43. The lowest BCUT2D eigenvalue weighted by atomic mass is 10.1. The van der Waals surface area contributed by atoms with Crippen molar-refractivity contribution in [2.45, 2.75) is 17.7 Å². The Bertz CT molecular complexity index is 112. The maximum Gasteiger partial charge on any atom is 0.320 e. The van der Waals surface area contributed by atoms with Crippen molar-refractivity contribution < 1.29 is 9.90 Å². The molecule has 0 aromatic carbocycles. The average molecular weight is 260 g/mol. The zero-order valence-electron chi connectivity index (χ0n) is 5.03. The second-order valence-electron chi connectivity index (χ2n) is 1.94. The summed E-state index contributed by atoms with van der Waals surface area (Å²) in [7, 11) is 0. The van der Waals surface area contributed by atoms with Crippen molar-refractivity contribution in [3.05, 3.63) is 0 Å². The number of carboxylic acid groups (broad SMARTS) is 1. The first-order valence-corrected chi connectivity index (χ1v) is 4.40. The number of aliphatic carboxylic acids is 1. The van der Waals surface area contributed by atoms with Gasteiger partial charge in [-0.15, -0.1) is 0 Å². The summed E-state index contributed by atoms with van der Waals surface area (Å²) in [5.74, 6) is -0.818. The highest BCUT2D eigenvalue weighted by atomic mass is 79.9. The van der Waals surface area contributed by atoms with Crippen LogP contribution in [-0.2, 0) is 4.79 Å². The van der Waals surface area contributed by atoms with Gasteiger partial charge in [0.25, 0.3) is 0 Å². The first-order chi connectivity index (χ1) is 4.00. The van der Waals surface area contributed by atoms with Crippen molar-refractivity contribution in [2.24, 2.45) is 0 Å². The van der Waals surface area contributed by atoms with E-state index in [1.807, 2.05) is 0 Å². The molecule has 0 saturated carbocycles. The number of rotatable bonds is 3. The van der Waals surface area contributed by atoms with Gasteiger partial charge in [0.15, 0.2) is 0 Å². The van der Waals surface area contributed by atoms with Crippen molar-refractivity contribution in [2.75, 3.05) is 5.33 Å². The highest BCUT2D eigenvalue weighted by Gasteiger charge is 2.28. The molecule has 2 nitrogen and oxygen atoms in total. The standard InChI is InChI=1S/C5H8Br2O2/c1-5(7,2-3-6)4(8)9/h2-3H2,1H3,(H,8,9). The van der Waals surface area contributed by atoms with Crippen LogP contribution in [0.1, 0.15) is 13.3 Å². The molecule has 0 aliphatic heterocycles.